The van der Waals surface area contributed by atoms with Crippen LogP contribution in [0.5, 0.6) is 0 Å². The van der Waals surface area contributed by atoms with Gasteiger partial charge in [0.05, 0.1) is 11.7 Å². The lowest BCUT2D eigenvalue weighted by Gasteiger charge is -2.26. The number of fused-ring (bicyclic) bond motifs is 1. The monoisotopic (exact) mass is 255 g/mol. The Bertz CT molecular complexity index is 566. The number of benzene rings is 1. The Labute approximate surface area is 114 Å². The molecule has 0 saturated carbocycles. The van der Waals surface area contributed by atoms with Gasteiger partial charge in [-0.1, -0.05) is 43.7 Å². The van der Waals surface area contributed by atoms with Crippen molar-refractivity contribution in [1.82, 2.24) is 9.78 Å². The number of nitrogens with zero attached hydrogens (tertiary/aromatic N) is 2. The zero-order valence-corrected chi connectivity index (χ0v) is 11.9. The van der Waals surface area contributed by atoms with Crippen LogP contribution in [0.1, 0.15) is 49.0 Å². The summed E-state index contributed by atoms with van der Waals surface area (Å²) in [5.41, 5.74) is 3.83. The number of anilines is 1. The minimum absolute atomic E-state index is 0.365. The maximum Gasteiger partial charge on any atom is 0.125 e. The van der Waals surface area contributed by atoms with Crippen molar-refractivity contribution >= 4 is 5.82 Å². The molecule has 0 fully saturated rings. The van der Waals surface area contributed by atoms with E-state index in [4.69, 9.17) is 5.10 Å². The molecule has 0 bridgehead atoms. The van der Waals surface area contributed by atoms with Crippen LogP contribution in [0.25, 0.3) is 0 Å². The summed E-state index contributed by atoms with van der Waals surface area (Å²) >= 11 is 0. The summed E-state index contributed by atoms with van der Waals surface area (Å²) in [7, 11) is 0. The summed E-state index contributed by atoms with van der Waals surface area (Å²) in [5, 5.41) is 8.23. The molecule has 3 heteroatoms. The molecular weight excluding hydrogens is 234 g/mol. The topological polar surface area (TPSA) is 29.9 Å². The van der Waals surface area contributed by atoms with Gasteiger partial charge in [-0.15, -0.1) is 0 Å². The Balaban J connectivity index is 1.99. The Kier molecular flexibility index (Phi) is 3.05. The predicted octanol–water partition coefficient (Wildman–Crippen LogP) is 3.72. The highest BCUT2D eigenvalue weighted by atomic mass is 15.4. The lowest BCUT2D eigenvalue weighted by atomic mass is 10.0. The van der Waals surface area contributed by atoms with Crippen LogP contribution in [-0.4, -0.2) is 16.3 Å². The molecule has 0 radical (unpaired) electrons. The summed E-state index contributed by atoms with van der Waals surface area (Å²) in [5.74, 6) is 1.62. The van der Waals surface area contributed by atoms with Crippen molar-refractivity contribution in [2.24, 2.45) is 0 Å². The first-order chi connectivity index (χ1) is 9.15. The van der Waals surface area contributed by atoms with Crippen LogP contribution in [0.4, 0.5) is 5.82 Å². The van der Waals surface area contributed by atoms with Crippen molar-refractivity contribution < 1.29 is 0 Å². The highest BCUT2D eigenvalue weighted by Gasteiger charge is 2.23. The number of nitrogens with one attached hydrogen (secondary N) is 1. The van der Waals surface area contributed by atoms with Gasteiger partial charge >= 0.3 is 0 Å². The smallest absolute Gasteiger partial charge is 0.125 e. The van der Waals surface area contributed by atoms with Gasteiger partial charge in [0, 0.05) is 12.6 Å². The standard InChI is InChI=1S/C16H21N3/c1-11(2)14-10-16-17-9-8-15(19(16)18-14)13-6-4-12(3)5-7-13/h4-7,10-11,15,17H,8-9H2,1-3H3. The van der Waals surface area contributed by atoms with E-state index in [1.807, 2.05) is 0 Å². The number of hydrogen-bond donors (Lipinski definition) is 1. The van der Waals surface area contributed by atoms with Crippen LogP contribution in [-0.2, 0) is 0 Å². The number of aromatic nitrogens is 2. The molecule has 2 heterocycles. The van der Waals surface area contributed by atoms with Gasteiger partial charge in [0.25, 0.3) is 0 Å². The average Bonchev–Trinajstić information content (AvgIpc) is 2.83. The first-order valence-corrected chi connectivity index (χ1v) is 7.05. The molecule has 1 aromatic heterocycles. The molecule has 0 spiro atoms. The van der Waals surface area contributed by atoms with Gasteiger partial charge in [0.2, 0.25) is 0 Å². The van der Waals surface area contributed by atoms with Crippen molar-refractivity contribution in [2.75, 3.05) is 11.9 Å². The second-order valence-electron chi connectivity index (χ2n) is 5.70. The Morgan fingerprint density at radius 2 is 2.00 bits per heavy atom. The largest absolute Gasteiger partial charge is 0.370 e. The molecule has 3 nitrogen and oxygen atoms in total. The first-order valence-electron chi connectivity index (χ1n) is 7.05. The highest BCUT2D eigenvalue weighted by Crippen LogP contribution is 2.31. The molecule has 19 heavy (non-hydrogen) atoms. The van der Waals surface area contributed by atoms with E-state index in [2.05, 4.69) is 61.1 Å². The zero-order valence-electron chi connectivity index (χ0n) is 11.9. The van der Waals surface area contributed by atoms with E-state index in [0.29, 0.717) is 12.0 Å². The van der Waals surface area contributed by atoms with Crippen LogP contribution >= 0.6 is 0 Å². The average molecular weight is 255 g/mol. The number of rotatable bonds is 2. The van der Waals surface area contributed by atoms with Crippen LogP contribution in [0.3, 0.4) is 0 Å². The first kappa shape index (κ1) is 12.3. The summed E-state index contributed by atoms with van der Waals surface area (Å²) in [6.45, 7) is 7.52. The van der Waals surface area contributed by atoms with Crippen molar-refractivity contribution in [2.45, 2.75) is 39.2 Å². The van der Waals surface area contributed by atoms with E-state index in [0.717, 1.165) is 18.8 Å². The fraction of sp³-hybridized carbons (Fsp3) is 0.438. The molecule has 1 atom stereocenters. The minimum atomic E-state index is 0.365. The second-order valence-corrected chi connectivity index (χ2v) is 5.70. The molecule has 100 valence electrons. The second kappa shape index (κ2) is 4.72. The van der Waals surface area contributed by atoms with E-state index < -0.39 is 0 Å². The van der Waals surface area contributed by atoms with Gasteiger partial charge in [0.1, 0.15) is 5.82 Å². The molecule has 3 rings (SSSR count). The number of aryl methyl sites for hydroxylation is 1. The molecule has 0 saturated heterocycles. The van der Waals surface area contributed by atoms with Gasteiger partial charge in [0.15, 0.2) is 0 Å². The maximum atomic E-state index is 4.78. The van der Waals surface area contributed by atoms with Crippen LogP contribution in [0, 0.1) is 6.92 Å². The van der Waals surface area contributed by atoms with E-state index in [-0.39, 0.29) is 0 Å². The Morgan fingerprint density at radius 3 is 2.68 bits per heavy atom. The van der Waals surface area contributed by atoms with Gasteiger partial charge in [-0.3, -0.25) is 0 Å². The van der Waals surface area contributed by atoms with Crippen molar-refractivity contribution in [3.8, 4) is 0 Å². The van der Waals surface area contributed by atoms with E-state index in [1.54, 1.807) is 0 Å². The minimum Gasteiger partial charge on any atom is -0.370 e. The molecule has 1 unspecified atom stereocenters. The highest BCUT2D eigenvalue weighted by molar-refractivity contribution is 5.42. The molecule has 1 aliphatic heterocycles. The van der Waals surface area contributed by atoms with Gasteiger partial charge in [-0.2, -0.15) is 5.10 Å². The summed E-state index contributed by atoms with van der Waals surface area (Å²) < 4.78 is 2.16. The van der Waals surface area contributed by atoms with Crippen molar-refractivity contribution in [3.63, 3.8) is 0 Å². The lowest BCUT2D eigenvalue weighted by molar-refractivity contribution is 0.476. The summed E-state index contributed by atoms with van der Waals surface area (Å²) in [6.07, 6.45) is 1.09. The van der Waals surface area contributed by atoms with E-state index in [1.165, 1.54) is 16.8 Å². The molecule has 2 aromatic rings. The summed E-state index contributed by atoms with van der Waals surface area (Å²) in [6, 6.07) is 11.4. The zero-order chi connectivity index (χ0) is 13.4. The third-order valence-electron chi connectivity index (χ3n) is 3.83. The van der Waals surface area contributed by atoms with Crippen molar-refractivity contribution in [3.05, 3.63) is 47.2 Å². The molecular formula is C16H21N3. The fourth-order valence-electron chi connectivity index (χ4n) is 2.62. The quantitative estimate of drug-likeness (QED) is 0.886. The van der Waals surface area contributed by atoms with E-state index >= 15 is 0 Å². The Morgan fingerprint density at radius 1 is 1.26 bits per heavy atom. The third kappa shape index (κ3) is 2.25. The predicted molar refractivity (Wildman–Crippen MR) is 78.7 cm³/mol. The normalized spacial score (nSPS) is 18.2. The van der Waals surface area contributed by atoms with Gasteiger partial charge in [-0.25, -0.2) is 4.68 Å². The Hall–Kier alpha value is -1.77. The fourth-order valence-corrected chi connectivity index (χ4v) is 2.62. The lowest BCUT2D eigenvalue weighted by Crippen LogP contribution is -2.24. The molecule has 0 aliphatic carbocycles. The summed E-state index contributed by atoms with van der Waals surface area (Å²) in [4.78, 5) is 0. The molecule has 1 aromatic carbocycles. The molecule has 1 N–H and O–H groups in total. The van der Waals surface area contributed by atoms with Gasteiger partial charge in [-0.05, 0) is 24.8 Å². The van der Waals surface area contributed by atoms with Gasteiger partial charge < -0.3 is 5.32 Å². The van der Waals surface area contributed by atoms with E-state index in [9.17, 15) is 0 Å². The SMILES string of the molecule is Cc1ccc(C2CCNc3cc(C(C)C)nn32)cc1. The maximum absolute atomic E-state index is 4.78. The van der Waals surface area contributed by atoms with Crippen molar-refractivity contribution in [1.29, 1.82) is 0 Å². The molecule has 0 amide bonds. The molecule has 1 aliphatic rings. The van der Waals surface area contributed by atoms with Crippen LogP contribution in [0.15, 0.2) is 30.3 Å². The third-order valence-corrected chi connectivity index (χ3v) is 3.83. The van der Waals surface area contributed by atoms with Crippen LogP contribution in [0.2, 0.25) is 0 Å². The van der Waals surface area contributed by atoms with Crippen LogP contribution < -0.4 is 5.32 Å². The number of hydrogen-bond acceptors (Lipinski definition) is 2.